The predicted octanol–water partition coefficient (Wildman–Crippen LogP) is 0.379. The third-order valence-electron chi connectivity index (χ3n) is 6.17. The topological polar surface area (TPSA) is 187 Å². The van der Waals surface area contributed by atoms with Gasteiger partial charge in [0.2, 0.25) is 23.2 Å². The molecule has 13 heteroatoms. The molecule has 2 aromatic carbocycles. The van der Waals surface area contributed by atoms with E-state index in [0.717, 1.165) is 0 Å². The predicted molar refractivity (Wildman–Crippen MR) is 130 cm³/mol. The molecule has 1 fully saturated rings. The minimum absolute atomic E-state index is 0.000230. The number of hydrogen-bond acceptors (Lipinski definition) is 13. The number of aliphatic hydroxyl groups is 4. The zero-order chi connectivity index (χ0) is 27.7. The van der Waals surface area contributed by atoms with Gasteiger partial charge in [-0.05, 0) is 12.1 Å². The highest BCUT2D eigenvalue weighted by Gasteiger charge is 2.45. The van der Waals surface area contributed by atoms with Crippen LogP contribution in [-0.4, -0.2) is 91.3 Å². The van der Waals surface area contributed by atoms with E-state index in [1.807, 2.05) is 0 Å². The van der Waals surface area contributed by atoms with Crippen molar-refractivity contribution in [3.63, 3.8) is 0 Å². The number of fused-ring (bicyclic) bond motifs is 1. The van der Waals surface area contributed by atoms with Gasteiger partial charge < -0.3 is 58.4 Å². The average Bonchev–Trinajstić information content (AvgIpc) is 2.92. The summed E-state index contributed by atoms with van der Waals surface area (Å²) >= 11 is 0. The van der Waals surface area contributed by atoms with E-state index in [1.54, 1.807) is 0 Å². The van der Waals surface area contributed by atoms with Crippen LogP contribution in [0, 0.1) is 0 Å². The van der Waals surface area contributed by atoms with E-state index in [-0.39, 0.29) is 56.8 Å². The smallest absolute Gasteiger partial charge is 0.239 e. The Morgan fingerprint density at radius 3 is 2.18 bits per heavy atom. The van der Waals surface area contributed by atoms with Gasteiger partial charge in [-0.2, -0.15) is 0 Å². The lowest BCUT2D eigenvalue weighted by atomic mass is 9.99. The van der Waals surface area contributed by atoms with E-state index in [0.29, 0.717) is 0 Å². The Morgan fingerprint density at radius 1 is 0.868 bits per heavy atom. The number of methoxy groups -OCH3 is 4. The van der Waals surface area contributed by atoms with E-state index in [1.165, 1.54) is 52.7 Å². The zero-order valence-electron chi connectivity index (χ0n) is 20.9. The van der Waals surface area contributed by atoms with Crippen LogP contribution in [0.2, 0.25) is 0 Å². The monoisotopic (exact) mass is 536 g/mol. The maximum Gasteiger partial charge on any atom is 0.239 e. The van der Waals surface area contributed by atoms with Crippen molar-refractivity contribution >= 4 is 11.0 Å². The third kappa shape index (κ3) is 4.54. The Bertz CT molecular complexity index is 1370. The van der Waals surface area contributed by atoms with Crippen LogP contribution in [0.15, 0.2) is 33.5 Å². The lowest BCUT2D eigenvalue weighted by Crippen LogP contribution is -2.60. The van der Waals surface area contributed by atoms with E-state index >= 15 is 0 Å². The van der Waals surface area contributed by atoms with E-state index < -0.39 is 42.7 Å². The molecule has 38 heavy (non-hydrogen) atoms. The molecule has 1 saturated heterocycles. The number of rotatable bonds is 8. The Labute approximate surface area is 215 Å². The molecule has 0 radical (unpaired) electrons. The van der Waals surface area contributed by atoms with Gasteiger partial charge in [0.15, 0.2) is 17.3 Å². The molecule has 1 aromatic heterocycles. The fourth-order valence-corrected chi connectivity index (χ4v) is 4.21. The number of hydrogen-bond donors (Lipinski definition) is 5. The van der Waals surface area contributed by atoms with Crippen molar-refractivity contribution in [3.8, 4) is 45.8 Å². The maximum atomic E-state index is 13.3. The molecule has 3 aromatic rings. The van der Waals surface area contributed by atoms with E-state index in [4.69, 9.17) is 32.8 Å². The largest absolute Gasteiger partial charge is 0.507 e. The summed E-state index contributed by atoms with van der Waals surface area (Å²) in [5.74, 6) is -0.550. The van der Waals surface area contributed by atoms with Gasteiger partial charge in [0.1, 0.15) is 46.9 Å². The summed E-state index contributed by atoms with van der Waals surface area (Å²) in [6.45, 7) is -0.675. The first-order chi connectivity index (χ1) is 18.2. The van der Waals surface area contributed by atoms with Crippen LogP contribution in [0.3, 0.4) is 0 Å². The highest BCUT2D eigenvalue weighted by atomic mass is 16.7. The molecule has 0 spiro atoms. The quantitative estimate of drug-likeness (QED) is 0.266. The zero-order valence-corrected chi connectivity index (χ0v) is 20.9. The average molecular weight is 536 g/mol. The normalized spacial score (nSPS) is 23.2. The van der Waals surface area contributed by atoms with Crippen molar-refractivity contribution in [2.75, 3.05) is 35.0 Å². The number of aromatic hydroxyl groups is 1. The maximum absolute atomic E-state index is 13.3. The molecule has 206 valence electrons. The molecule has 0 amide bonds. The fraction of sp³-hybridized carbons (Fsp3) is 0.400. The van der Waals surface area contributed by atoms with Crippen molar-refractivity contribution in [3.05, 3.63) is 34.5 Å². The minimum atomic E-state index is -1.75. The van der Waals surface area contributed by atoms with Crippen LogP contribution in [0.25, 0.3) is 22.3 Å². The Kier molecular flexibility index (Phi) is 7.85. The molecule has 5 N–H and O–H groups in total. The number of phenols is 1. The number of phenolic OH excluding ortho intramolecular Hbond substituents is 1. The second-order valence-electron chi connectivity index (χ2n) is 8.31. The first-order valence-corrected chi connectivity index (χ1v) is 11.3. The first kappa shape index (κ1) is 27.3. The van der Waals surface area contributed by atoms with Gasteiger partial charge in [0, 0.05) is 12.1 Å². The van der Waals surface area contributed by atoms with Crippen LogP contribution < -0.4 is 29.1 Å². The molecule has 2 heterocycles. The minimum Gasteiger partial charge on any atom is -0.507 e. The second kappa shape index (κ2) is 10.9. The van der Waals surface area contributed by atoms with E-state index in [2.05, 4.69) is 0 Å². The molecular weight excluding hydrogens is 508 g/mol. The second-order valence-corrected chi connectivity index (χ2v) is 8.31. The third-order valence-corrected chi connectivity index (χ3v) is 6.17. The summed E-state index contributed by atoms with van der Waals surface area (Å²) in [6.07, 6.45) is -7.92. The summed E-state index contributed by atoms with van der Waals surface area (Å²) in [7, 11) is 5.31. The highest BCUT2D eigenvalue weighted by Crippen LogP contribution is 2.48. The number of ether oxygens (including phenoxy) is 6. The molecule has 1 aliphatic heterocycles. The van der Waals surface area contributed by atoms with Gasteiger partial charge in [0.05, 0.1) is 40.6 Å². The standard InChI is InChI=1S/C25H28O13/c1-32-10-7-12(27)16-14(8-10)36-22(24(35-4)18(16)29)11-5-6-13(33-2)23(34-3)21(11)38-25-20(31)19(30)17(28)15(9-26)37-25/h5-8,15,17,19-20,25-28,30-31H,9H2,1-4H3/t15-,17-,19+,20-,25+/m1/s1. The highest BCUT2D eigenvalue weighted by molar-refractivity contribution is 5.89. The van der Waals surface area contributed by atoms with Gasteiger partial charge in [-0.1, -0.05) is 0 Å². The van der Waals surface area contributed by atoms with Crippen LogP contribution in [-0.2, 0) is 4.74 Å². The van der Waals surface area contributed by atoms with E-state index in [9.17, 15) is 30.3 Å². The molecule has 0 unspecified atom stereocenters. The van der Waals surface area contributed by atoms with Gasteiger partial charge in [0.25, 0.3) is 0 Å². The van der Waals surface area contributed by atoms with Crippen molar-refractivity contribution in [2.24, 2.45) is 0 Å². The lowest BCUT2D eigenvalue weighted by Gasteiger charge is -2.39. The van der Waals surface area contributed by atoms with Gasteiger partial charge in [-0.25, -0.2) is 0 Å². The molecule has 4 rings (SSSR count). The first-order valence-electron chi connectivity index (χ1n) is 11.3. The summed E-state index contributed by atoms with van der Waals surface area (Å²) in [4.78, 5) is 13.3. The van der Waals surface area contributed by atoms with Crippen LogP contribution in [0.4, 0.5) is 0 Å². The summed E-state index contributed by atoms with van der Waals surface area (Å²) in [5.41, 5.74) is -0.647. The van der Waals surface area contributed by atoms with Crippen LogP contribution in [0.5, 0.6) is 34.5 Å². The lowest BCUT2D eigenvalue weighted by molar-refractivity contribution is -0.277. The SMILES string of the molecule is COc1cc(O)c2c(=O)c(OC)c(-c3ccc(OC)c(OC)c3O[C@@H]3O[C@H](CO)[C@@H](O)[C@H](O)[C@H]3O)oc2c1. The molecule has 0 saturated carbocycles. The molecule has 5 atom stereocenters. The Balaban J connectivity index is 1.96. The molecule has 1 aliphatic rings. The van der Waals surface area contributed by atoms with Gasteiger partial charge >= 0.3 is 0 Å². The van der Waals surface area contributed by atoms with Crippen molar-refractivity contribution in [2.45, 2.75) is 30.7 Å². The van der Waals surface area contributed by atoms with Crippen molar-refractivity contribution in [1.29, 1.82) is 0 Å². The summed E-state index contributed by atoms with van der Waals surface area (Å²) < 4.78 is 38.8. The Morgan fingerprint density at radius 2 is 1.58 bits per heavy atom. The molecule has 13 nitrogen and oxygen atoms in total. The van der Waals surface area contributed by atoms with Crippen molar-refractivity contribution in [1.82, 2.24) is 0 Å². The molecule has 0 bridgehead atoms. The molecular formula is C25H28O13. The Hall–Kier alpha value is -3.75. The molecule has 0 aliphatic carbocycles. The summed E-state index contributed by atoms with van der Waals surface area (Å²) in [6, 6.07) is 5.62. The number of aliphatic hydroxyl groups excluding tert-OH is 4. The van der Waals surface area contributed by atoms with Gasteiger partial charge in [-0.15, -0.1) is 0 Å². The van der Waals surface area contributed by atoms with Crippen LogP contribution in [0.1, 0.15) is 0 Å². The van der Waals surface area contributed by atoms with Crippen LogP contribution >= 0.6 is 0 Å². The number of benzene rings is 2. The van der Waals surface area contributed by atoms with Gasteiger partial charge in [-0.3, -0.25) is 4.79 Å². The fourth-order valence-electron chi connectivity index (χ4n) is 4.21. The summed E-state index contributed by atoms with van der Waals surface area (Å²) in [5, 5.41) is 50.7. The van der Waals surface area contributed by atoms with Crippen molar-refractivity contribution < 1.29 is 58.4 Å².